The van der Waals surface area contributed by atoms with Crippen LogP contribution in [0.15, 0.2) is 24.3 Å². The van der Waals surface area contributed by atoms with Crippen molar-refractivity contribution in [3.63, 3.8) is 0 Å². The molecular weight excluding hydrogens is 227 g/mol. The number of nitrogens with zero attached hydrogens (tertiary/aromatic N) is 1. The summed E-state index contributed by atoms with van der Waals surface area (Å²) in [6.45, 7) is 6.26. The van der Waals surface area contributed by atoms with E-state index in [0.717, 1.165) is 38.0 Å². The fourth-order valence-electron chi connectivity index (χ4n) is 2.14. The van der Waals surface area contributed by atoms with Gasteiger partial charge in [0.25, 0.3) is 0 Å². The molecule has 0 saturated heterocycles. The number of rotatable bonds is 7. The smallest absolute Gasteiger partial charge is 0.123 e. The second-order valence-electron chi connectivity index (χ2n) is 5.70. The van der Waals surface area contributed by atoms with Crippen LogP contribution < -0.4 is 10.6 Å². The summed E-state index contributed by atoms with van der Waals surface area (Å²) < 4.78 is 12.8. The highest BCUT2D eigenvalue weighted by Gasteiger charge is 2.16. The number of benzene rings is 1. The predicted molar refractivity (Wildman–Crippen MR) is 76.4 cm³/mol. The van der Waals surface area contributed by atoms with E-state index < -0.39 is 0 Å². The van der Waals surface area contributed by atoms with Gasteiger partial charge in [0.15, 0.2) is 0 Å². The van der Waals surface area contributed by atoms with Crippen molar-refractivity contribution in [3.05, 3.63) is 30.1 Å². The second-order valence-corrected chi connectivity index (χ2v) is 5.70. The molecule has 0 fully saturated rings. The molecule has 2 N–H and O–H groups in total. The summed E-state index contributed by atoms with van der Waals surface area (Å²) in [5.74, 6) is -0.184. The Kier molecular flexibility index (Phi) is 5.60. The molecule has 0 atom stereocenters. The topological polar surface area (TPSA) is 29.3 Å². The first kappa shape index (κ1) is 15.0. The fraction of sp³-hybridized carbons (Fsp3) is 0.600. The standard InChI is InChI=1S/C15H25FN2/c1-15(2,10-11-17)9-4-12-18(3)14-7-5-13(16)6-8-14/h5-8H,4,9-12,17H2,1-3H3. The lowest BCUT2D eigenvalue weighted by Gasteiger charge is -2.26. The molecule has 0 heterocycles. The van der Waals surface area contributed by atoms with Crippen LogP contribution in [0.4, 0.5) is 10.1 Å². The molecule has 0 aliphatic rings. The van der Waals surface area contributed by atoms with Crippen LogP contribution in [0.2, 0.25) is 0 Å². The zero-order valence-electron chi connectivity index (χ0n) is 11.7. The second kappa shape index (κ2) is 6.74. The highest BCUT2D eigenvalue weighted by molar-refractivity contribution is 5.45. The first-order valence-corrected chi connectivity index (χ1v) is 6.61. The molecule has 2 nitrogen and oxygen atoms in total. The number of nitrogens with two attached hydrogens (primary N) is 1. The molecule has 1 aromatic rings. The van der Waals surface area contributed by atoms with Crippen LogP contribution in [0, 0.1) is 11.2 Å². The van der Waals surface area contributed by atoms with Crippen molar-refractivity contribution in [2.45, 2.75) is 33.1 Å². The van der Waals surface area contributed by atoms with Gasteiger partial charge in [-0.25, -0.2) is 4.39 Å². The van der Waals surface area contributed by atoms with E-state index in [4.69, 9.17) is 5.73 Å². The molecule has 0 aliphatic carbocycles. The van der Waals surface area contributed by atoms with Gasteiger partial charge in [0, 0.05) is 19.3 Å². The molecule has 0 bridgehead atoms. The lowest BCUT2D eigenvalue weighted by Crippen LogP contribution is -2.22. The number of hydrogen-bond donors (Lipinski definition) is 1. The highest BCUT2D eigenvalue weighted by Crippen LogP contribution is 2.26. The molecule has 1 aromatic carbocycles. The van der Waals surface area contributed by atoms with Crippen molar-refractivity contribution in [2.24, 2.45) is 11.1 Å². The predicted octanol–water partition coefficient (Wildman–Crippen LogP) is 3.42. The van der Waals surface area contributed by atoms with Gasteiger partial charge in [-0.1, -0.05) is 13.8 Å². The van der Waals surface area contributed by atoms with Crippen LogP contribution in [0.1, 0.15) is 33.1 Å². The van der Waals surface area contributed by atoms with Gasteiger partial charge >= 0.3 is 0 Å². The largest absolute Gasteiger partial charge is 0.375 e. The number of anilines is 1. The lowest BCUT2D eigenvalue weighted by atomic mass is 9.84. The van der Waals surface area contributed by atoms with E-state index in [1.54, 1.807) is 0 Å². The van der Waals surface area contributed by atoms with Crippen molar-refractivity contribution in [1.82, 2.24) is 0 Å². The Labute approximate surface area is 110 Å². The van der Waals surface area contributed by atoms with E-state index in [1.807, 2.05) is 19.2 Å². The molecule has 18 heavy (non-hydrogen) atoms. The van der Waals surface area contributed by atoms with Crippen molar-refractivity contribution in [3.8, 4) is 0 Å². The quantitative estimate of drug-likeness (QED) is 0.805. The minimum atomic E-state index is -0.184. The van der Waals surface area contributed by atoms with E-state index >= 15 is 0 Å². The van der Waals surface area contributed by atoms with Crippen molar-refractivity contribution >= 4 is 5.69 Å². The zero-order valence-corrected chi connectivity index (χ0v) is 11.7. The number of hydrogen-bond acceptors (Lipinski definition) is 2. The summed E-state index contributed by atoms with van der Waals surface area (Å²) in [7, 11) is 2.04. The third-order valence-corrected chi connectivity index (χ3v) is 3.44. The first-order valence-electron chi connectivity index (χ1n) is 6.61. The van der Waals surface area contributed by atoms with Crippen LogP contribution >= 0.6 is 0 Å². The first-order chi connectivity index (χ1) is 8.44. The van der Waals surface area contributed by atoms with Crippen molar-refractivity contribution in [1.29, 1.82) is 0 Å². The van der Waals surface area contributed by atoms with Crippen molar-refractivity contribution in [2.75, 3.05) is 25.0 Å². The van der Waals surface area contributed by atoms with Gasteiger partial charge in [-0.3, -0.25) is 0 Å². The summed E-state index contributed by atoms with van der Waals surface area (Å²) in [4.78, 5) is 2.16. The van der Waals surface area contributed by atoms with E-state index in [9.17, 15) is 4.39 Å². The molecule has 1 rings (SSSR count). The van der Waals surface area contributed by atoms with Crippen LogP contribution in [-0.4, -0.2) is 20.1 Å². The third-order valence-electron chi connectivity index (χ3n) is 3.44. The van der Waals surface area contributed by atoms with Crippen LogP contribution in [-0.2, 0) is 0 Å². The maximum atomic E-state index is 12.8. The Morgan fingerprint density at radius 3 is 2.33 bits per heavy atom. The average molecular weight is 252 g/mol. The van der Waals surface area contributed by atoms with Gasteiger partial charge in [0.05, 0.1) is 0 Å². The van der Waals surface area contributed by atoms with E-state index in [2.05, 4.69) is 18.7 Å². The molecule has 0 aromatic heterocycles. The molecule has 0 amide bonds. The summed E-state index contributed by atoms with van der Waals surface area (Å²) in [5, 5.41) is 0. The van der Waals surface area contributed by atoms with Gasteiger partial charge in [-0.2, -0.15) is 0 Å². The molecule has 0 aliphatic heterocycles. The molecule has 0 radical (unpaired) electrons. The maximum absolute atomic E-state index is 12.8. The Bertz CT molecular complexity index is 346. The minimum absolute atomic E-state index is 0.184. The van der Waals surface area contributed by atoms with Crippen LogP contribution in [0.5, 0.6) is 0 Å². The Balaban J connectivity index is 2.37. The average Bonchev–Trinajstić information content (AvgIpc) is 2.29. The van der Waals surface area contributed by atoms with E-state index in [1.165, 1.54) is 12.1 Å². The Morgan fingerprint density at radius 2 is 1.78 bits per heavy atom. The summed E-state index contributed by atoms with van der Waals surface area (Å²) >= 11 is 0. The molecule has 0 unspecified atom stereocenters. The Morgan fingerprint density at radius 1 is 1.17 bits per heavy atom. The van der Waals surface area contributed by atoms with Gasteiger partial charge < -0.3 is 10.6 Å². The van der Waals surface area contributed by atoms with Crippen molar-refractivity contribution < 1.29 is 4.39 Å². The minimum Gasteiger partial charge on any atom is -0.375 e. The van der Waals surface area contributed by atoms with E-state index in [-0.39, 0.29) is 5.82 Å². The van der Waals surface area contributed by atoms with Crippen LogP contribution in [0.3, 0.4) is 0 Å². The molecule has 0 saturated carbocycles. The number of halogens is 1. The molecule has 102 valence electrons. The highest BCUT2D eigenvalue weighted by atomic mass is 19.1. The lowest BCUT2D eigenvalue weighted by molar-refractivity contribution is 0.306. The van der Waals surface area contributed by atoms with Gasteiger partial charge in [-0.05, 0) is 55.5 Å². The van der Waals surface area contributed by atoms with Gasteiger partial charge in [-0.15, -0.1) is 0 Å². The monoisotopic (exact) mass is 252 g/mol. The van der Waals surface area contributed by atoms with Crippen LogP contribution in [0.25, 0.3) is 0 Å². The summed E-state index contributed by atoms with van der Waals surface area (Å²) in [6.07, 6.45) is 3.35. The summed E-state index contributed by atoms with van der Waals surface area (Å²) in [5.41, 5.74) is 6.99. The van der Waals surface area contributed by atoms with E-state index in [0.29, 0.717) is 5.41 Å². The Hall–Kier alpha value is -1.09. The van der Waals surface area contributed by atoms with Gasteiger partial charge in [0.1, 0.15) is 5.82 Å². The normalized spacial score (nSPS) is 11.6. The molecule has 3 heteroatoms. The third kappa shape index (κ3) is 5.05. The molecule has 0 spiro atoms. The fourth-order valence-corrected chi connectivity index (χ4v) is 2.14. The van der Waals surface area contributed by atoms with Gasteiger partial charge in [0.2, 0.25) is 0 Å². The zero-order chi connectivity index (χ0) is 13.6. The maximum Gasteiger partial charge on any atom is 0.123 e. The molecular formula is C15H25FN2. The summed E-state index contributed by atoms with van der Waals surface area (Å²) in [6, 6.07) is 6.65. The SMILES string of the molecule is CN(CCCC(C)(C)CCN)c1ccc(F)cc1.